The first-order valence-electron chi connectivity index (χ1n) is 8.54. The Hall–Kier alpha value is -0.800. The molecule has 1 N–H and O–H groups in total. The number of fused-ring (bicyclic) bond motifs is 1. The number of thiophene rings is 1. The summed E-state index contributed by atoms with van der Waals surface area (Å²) in [5, 5.41) is 3.74. The predicted octanol–water partition coefficient (Wildman–Crippen LogP) is 4.75. The third-order valence-corrected chi connectivity index (χ3v) is 5.78. The molecule has 1 aromatic rings. The lowest BCUT2D eigenvalue weighted by molar-refractivity contribution is 0.219. The monoisotopic (exact) mass is 305 g/mol. The van der Waals surface area contributed by atoms with Crippen molar-refractivity contribution in [3.05, 3.63) is 33.2 Å². The number of hydrogen-bond acceptors (Lipinski definition) is 3. The van der Waals surface area contributed by atoms with E-state index in [4.69, 9.17) is 4.74 Å². The summed E-state index contributed by atoms with van der Waals surface area (Å²) in [6.07, 6.45) is 12.2. The first-order valence-corrected chi connectivity index (χ1v) is 9.35. The van der Waals surface area contributed by atoms with E-state index in [-0.39, 0.29) is 0 Å². The highest BCUT2D eigenvalue weighted by Crippen LogP contribution is 2.36. The van der Waals surface area contributed by atoms with Gasteiger partial charge in [0.1, 0.15) is 0 Å². The Morgan fingerprint density at radius 2 is 2.10 bits per heavy atom. The number of rotatable bonds is 5. The van der Waals surface area contributed by atoms with Gasteiger partial charge in [-0.25, -0.2) is 0 Å². The number of nitrogens with one attached hydrogen (secondary N) is 1. The molecule has 1 atom stereocenters. The molecule has 0 radical (unpaired) electrons. The maximum absolute atomic E-state index is 5.59. The van der Waals surface area contributed by atoms with E-state index in [0.717, 1.165) is 19.6 Å². The van der Waals surface area contributed by atoms with Crippen molar-refractivity contribution < 1.29 is 4.74 Å². The molecule has 2 nitrogen and oxygen atoms in total. The van der Waals surface area contributed by atoms with Gasteiger partial charge in [0.15, 0.2) is 0 Å². The Kier molecular flexibility index (Phi) is 5.37. The van der Waals surface area contributed by atoms with Gasteiger partial charge in [0.25, 0.3) is 0 Å². The third kappa shape index (κ3) is 3.70. The molecule has 2 aliphatic rings. The summed E-state index contributed by atoms with van der Waals surface area (Å²) in [7, 11) is 0. The van der Waals surface area contributed by atoms with Crippen LogP contribution in [0.4, 0.5) is 0 Å². The summed E-state index contributed by atoms with van der Waals surface area (Å²) in [5.41, 5.74) is 3.05. The molecular formula is C18H27NOS. The van der Waals surface area contributed by atoms with E-state index < -0.39 is 0 Å². The molecule has 0 saturated carbocycles. The maximum Gasteiger partial charge on any atom is 0.0876 e. The molecule has 1 aliphatic carbocycles. The van der Waals surface area contributed by atoms with Gasteiger partial charge in [0, 0.05) is 9.75 Å². The minimum atomic E-state index is 0.377. The van der Waals surface area contributed by atoms with E-state index in [1.165, 1.54) is 55.4 Å². The average molecular weight is 305 g/mol. The molecule has 2 heterocycles. The van der Waals surface area contributed by atoms with Crippen LogP contribution in [0, 0.1) is 0 Å². The van der Waals surface area contributed by atoms with Crippen LogP contribution in [0.25, 0.3) is 0 Å². The summed E-state index contributed by atoms with van der Waals surface area (Å²) in [5.74, 6) is 0. The molecule has 1 unspecified atom stereocenters. The average Bonchev–Trinajstić information content (AvgIpc) is 2.79. The lowest BCUT2D eigenvalue weighted by Crippen LogP contribution is -2.24. The van der Waals surface area contributed by atoms with Gasteiger partial charge in [-0.15, -0.1) is 11.3 Å². The highest BCUT2D eigenvalue weighted by atomic mass is 32.1. The Morgan fingerprint density at radius 3 is 2.90 bits per heavy atom. The predicted molar refractivity (Wildman–Crippen MR) is 89.9 cm³/mol. The number of aryl methyl sites for hydroxylation is 2. The van der Waals surface area contributed by atoms with E-state index in [2.05, 4.69) is 18.3 Å². The van der Waals surface area contributed by atoms with Crippen LogP contribution in [-0.2, 0) is 17.6 Å². The minimum Gasteiger partial charge on any atom is -0.501 e. The summed E-state index contributed by atoms with van der Waals surface area (Å²) in [4.78, 5) is 3.15. The first kappa shape index (κ1) is 15.1. The topological polar surface area (TPSA) is 21.3 Å². The zero-order valence-electron chi connectivity index (χ0n) is 13.1. The molecule has 21 heavy (non-hydrogen) atoms. The second-order valence-corrected chi connectivity index (χ2v) is 7.38. The molecule has 0 spiro atoms. The van der Waals surface area contributed by atoms with Crippen LogP contribution in [0.2, 0.25) is 0 Å². The van der Waals surface area contributed by atoms with Gasteiger partial charge < -0.3 is 10.1 Å². The molecule has 1 aliphatic heterocycles. The lowest BCUT2D eigenvalue weighted by atomic mass is 9.99. The Labute approximate surface area is 132 Å². The van der Waals surface area contributed by atoms with Gasteiger partial charge in [-0.3, -0.25) is 0 Å². The van der Waals surface area contributed by atoms with Gasteiger partial charge in [0.2, 0.25) is 0 Å². The summed E-state index contributed by atoms with van der Waals surface area (Å²) in [6.45, 7) is 4.19. The molecule has 1 aromatic heterocycles. The normalized spacial score (nSPS) is 20.1. The zero-order chi connectivity index (χ0) is 14.5. The third-order valence-electron chi connectivity index (χ3n) is 4.48. The zero-order valence-corrected chi connectivity index (χ0v) is 13.9. The summed E-state index contributed by atoms with van der Waals surface area (Å²) >= 11 is 2.04. The fourth-order valence-corrected chi connectivity index (χ4v) is 4.71. The Balaban J connectivity index is 1.83. The van der Waals surface area contributed by atoms with E-state index in [9.17, 15) is 0 Å². The lowest BCUT2D eigenvalue weighted by Gasteiger charge is -2.23. The van der Waals surface area contributed by atoms with Gasteiger partial charge in [-0.05, 0) is 68.7 Å². The standard InChI is InChI=1S/C18H27NOS/c1-2-10-19-18(15-8-6-11-20-13-15)17-12-14-7-4-3-5-9-16(14)21-17/h12-13,18-19H,2-11H2,1H3. The highest BCUT2D eigenvalue weighted by Gasteiger charge is 2.22. The highest BCUT2D eigenvalue weighted by molar-refractivity contribution is 7.12. The molecule has 0 aromatic carbocycles. The van der Waals surface area contributed by atoms with E-state index in [0.29, 0.717) is 6.04 Å². The van der Waals surface area contributed by atoms with Crippen molar-refractivity contribution >= 4 is 11.3 Å². The van der Waals surface area contributed by atoms with Gasteiger partial charge >= 0.3 is 0 Å². The molecule has 0 amide bonds. The Bertz CT molecular complexity index is 468. The van der Waals surface area contributed by atoms with Crippen LogP contribution in [0.1, 0.15) is 66.8 Å². The summed E-state index contributed by atoms with van der Waals surface area (Å²) < 4.78 is 5.59. The molecule has 0 bridgehead atoms. The quantitative estimate of drug-likeness (QED) is 0.792. The number of hydrogen-bond donors (Lipinski definition) is 1. The van der Waals surface area contributed by atoms with Crippen molar-refractivity contribution in [2.45, 2.75) is 64.3 Å². The van der Waals surface area contributed by atoms with Crippen molar-refractivity contribution in [2.24, 2.45) is 0 Å². The molecule has 116 valence electrons. The van der Waals surface area contributed by atoms with Crippen molar-refractivity contribution in [1.29, 1.82) is 0 Å². The van der Waals surface area contributed by atoms with Gasteiger partial charge in [-0.1, -0.05) is 13.3 Å². The van der Waals surface area contributed by atoms with Gasteiger partial charge in [0.05, 0.1) is 18.9 Å². The fourth-order valence-electron chi connectivity index (χ4n) is 3.33. The molecular weight excluding hydrogens is 278 g/mol. The van der Waals surface area contributed by atoms with E-state index in [1.807, 2.05) is 17.6 Å². The van der Waals surface area contributed by atoms with Gasteiger partial charge in [-0.2, -0.15) is 0 Å². The smallest absolute Gasteiger partial charge is 0.0876 e. The first-order chi connectivity index (χ1) is 10.4. The minimum absolute atomic E-state index is 0.377. The fraction of sp³-hybridized carbons (Fsp3) is 0.667. The van der Waals surface area contributed by atoms with Crippen LogP contribution in [0.15, 0.2) is 17.9 Å². The SMILES string of the molecule is CCCNC(C1=COCCC1)c1cc2c(s1)CCCCC2. The molecule has 0 saturated heterocycles. The maximum atomic E-state index is 5.59. The Morgan fingerprint density at radius 1 is 1.19 bits per heavy atom. The largest absolute Gasteiger partial charge is 0.501 e. The second-order valence-electron chi connectivity index (χ2n) is 6.21. The molecule has 3 heteroatoms. The van der Waals surface area contributed by atoms with Crippen LogP contribution in [0.3, 0.4) is 0 Å². The summed E-state index contributed by atoms with van der Waals surface area (Å²) in [6, 6.07) is 2.86. The van der Waals surface area contributed by atoms with Crippen molar-refractivity contribution in [2.75, 3.05) is 13.2 Å². The van der Waals surface area contributed by atoms with E-state index in [1.54, 1.807) is 10.4 Å². The van der Waals surface area contributed by atoms with Crippen LogP contribution in [-0.4, -0.2) is 13.2 Å². The van der Waals surface area contributed by atoms with Crippen LogP contribution >= 0.6 is 11.3 Å². The molecule has 0 fully saturated rings. The van der Waals surface area contributed by atoms with Crippen molar-refractivity contribution in [3.63, 3.8) is 0 Å². The molecule has 3 rings (SSSR count). The van der Waals surface area contributed by atoms with Crippen LogP contribution in [0.5, 0.6) is 0 Å². The van der Waals surface area contributed by atoms with Crippen LogP contribution < -0.4 is 5.32 Å². The van der Waals surface area contributed by atoms with Crippen molar-refractivity contribution in [3.8, 4) is 0 Å². The van der Waals surface area contributed by atoms with Crippen molar-refractivity contribution in [1.82, 2.24) is 5.32 Å². The number of ether oxygens (including phenoxy) is 1. The second kappa shape index (κ2) is 7.46. The van der Waals surface area contributed by atoms with E-state index >= 15 is 0 Å².